The second kappa shape index (κ2) is 6.40. The van der Waals surface area contributed by atoms with Crippen LogP contribution in [0.2, 0.25) is 0 Å². The van der Waals surface area contributed by atoms with Crippen LogP contribution in [0.15, 0.2) is 36.2 Å². The smallest absolute Gasteiger partial charge is 0.207 e. The van der Waals surface area contributed by atoms with Gasteiger partial charge in [0, 0.05) is 0 Å². The zero-order valence-electron chi connectivity index (χ0n) is 8.50. The molecule has 0 saturated heterocycles. The van der Waals surface area contributed by atoms with Gasteiger partial charge in [-0.15, -0.1) is 0 Å². The van der Waals surface area contributed by atoms with Gasteiger partial charge in [-0.05, 0) is 18.6 Å². The predicted octanol–water partition coefficient (Wildman–Crippen LogP) is 4.56. The number of halogens is 4. The highest BCUT2D eigenvalue weighted by Crippen LogP contribution is 2.26. The Morgan fingerprint density at radius 3 is 1.71 bits per heavy atom. The van der Waals surface area contributed by atoms with Gasteiger partial charge in [-0.3, -0.25) is 0 Å². The van der Waals surface area contributed by atoms with E-state index in [4.69, 9.17) is 0 Å². The fourth-order valence-electron chi connectivity index (χ4n) is 0.358. The summed E-state index contributed by atoms with van der Waals surface area (Å²) in [6.45, 7) is 11.1. The minimum absolute atomic E-state index is 0.0552. The summed E-state index contributed by atoms with van der Waals surface area (Å²) < 4.78 is 47.7. The molecule has 14 heavy (non-hydrogen) atoms. The van der Waals surface area contributed by atoms with E-state index in [2.05, 4.69) is 13.2 Å². The molecule has 0 saturated carbocycles. The highest BCUT2D eigenvalue weighted by Gasteiger charge is 2.30. The zero-order valence-corrected chi connectivity index (χ0v) is 8.50. The predicted molar refractivity (Wildman–Crippen MR) is 50.5 cm³/mol. The summed E-state index contributed by atoms with van der Waals surface area (Å²) in [7, 11) is 0. The van der Waals surface area contributed by atoms with Gasteiger partial charge in [0.1, 0.15) is 5.83 Å². The van der Waals surface area contributed by atoms with Crippen LogP contribution in [0.5, 0.6) is 0 Å². The Morgan fingerprint density at radius 1 is 1.14 bits per heavy atom. The summed E-state index contributed by atoms with van der Waals surface area (Å²) >= 11 is 0. The second-order valence-corrected chi connectivity index (χ2v) is 2.30. The Hall–Kier alpha value is -1.06. The molecule has 0 bridgehead atoms. The average Bonchev–Trinajstić information content (AvgIpc) is 2.06. The van der Waals surface area contributed by atoms with Crippen molar-refractivity contribution in [2.24, 2.45) is 0 Å². The molecular formula is C10H14F4. The van der Waals surface area contributed by atoms with Crippen LogP contribution in [0, 0.1) is 0 Å². The SMILES string of the molecule is C=C(C)/C(F)=C\C(=C)C(F)(F)F.CC. The first-order valence-electron chi connectivity index (χ1n) is 4.04. The minimum atomic E-state index is -4.58. The third-order valence-corrected chi connectivity index (χ3v) is 1.07. The monoisotopic (exact) mass is 210 g/mol. The minimum Gasteiger partial charge on any atom is -0.207 e. The van der Waals surface area contributed by atoms with Crippen LogP contribution in [0.3, 0.4) is 0 Å². The fraction of sp³-hybridized carbons (Fsp3) is 0.400. The van der Waals surface area contributed by atoms with E-state index in [9.17, 15) is 17.6 Å². The van der Waals surface area contributed by atoms with Crippen molar-refractivity contribution in [3.05, 3.63) is 36.2 Å². The molecule has 0 atom stereocenters. The van der Waals surface area contributed by atoms with E-state index in [1.54, 1.807) is 0 Å². The van der Waals surface area contributed by atoms with E-state index in [1.807, 2.05) is 13.8 Å². The van der Waals surface area contributed by atoms with Crippen molar-refractivity contribution >= 4 is 0 Å². The summed E-state index contributed by atoms with van der Waals surface area (Å²) in [5.41, 5.74) is -1.27. The summed E-state index contributed by atoms with van der Waals surface area (Å²) in [6.07, 6.45) is -4.25. The molecule has 0 fully saturated rings. The molecule has 0 aromatic carbocycles. The molecule has 0 aromatic rings. The summed E-state index contributed by atoms with van der Waals surface area (Å²) in [5.74, 6) is -1.00. The first-order valence-corrected chi connectivity index (χ1v) is 4.04. The van der Waals surface area contributed by atoms with Gasteiger partial charge in [0.15, 0.2) is 0 Å². The normalized spacial score (nSPS) is 11.5. The Kier molecular flexibility index (Phi) is 7.05. The lowest BCUT2D eigenvalue weighted by Gasteiger charge is -2.05. The Balaban J connectivity index is 0. The van der Waals surface area contributed by atoms with Gasteiger partial charge in [-0.2, -0.15) is 13.2 Å². The van der Waals surface area contributed by atoms with Gasteiger partial charge in [-0.1, -0.05) is 27.0 Å². The van der Waals surface area contributed by atoms with Gasteiger partial charge < -0.3 is 0 Å². The Labute approximate surface area is 81.6 Å². The van der Waals surface area contributed by atoms with E-state index in [1.165, 1.54) is 6.92 Å². The van der Waals surface area contributed by atoms with Crippen LogP contribution >= 0.6 is 0 Å². The lowest BCUT2D eigenvalue weighted by Crippen LogP contribution is -2.08. The number of alkyl halides is 3. The number of hydrogen-bond donors (Lipinski definition) is 0. The summed E-state index contributed by atoms with van der Waals surface area (Å²) in [4.78, 5) is 0. The van der Waals surface area contributed by atoms with Gasteiger partial charge in [0.2, 0.25) is 0 Å². The van der Waals surface area contributed by atoms with E-state index in [0.717, 1.165) is 0 Å². The topological polar surface area (TPSA) is 0 Å². The maximum atomic E-state index is 12.5. The third-order valence-electron chi connectivity index (χ3n) is 1.07. The summed E-state index contributed by atoms with van der Waals surface area (Å²) in [5, 5.41) is 0. The average molecular weight is 210 g/mol. The maximum Gasteiger partial charge on any atom is 0.415 e. The lowest BCUT2D eigenvalue weighted by molar-refractivity contribution is -0.0879. The molecular weight excluding hydrogens is 196 g/mol. The van der Waals surface area contributed by atoms with E-state index in [-0.39, 0.29) is 5.57 Å². The van der Waals surface area contributed by atoms with Crippen LogP contribution < -0.4 is 0 Å². The third kappa shape index (κ3) is 6.46. The number of rotatable bonds is 2. The molecule has 0 spiro atoms. The molecule has 0 N–H and O–H groups in total. The molecule has 82 valence electrons. The highest BCUT2D eigenvalue weighted by molar-refractivity contribution is 5.30. The quantitative estimate of drug-likeness (QED) is 0.463. The van der Waals surface area contributed by atoms with E-state index in [0.29, 0.717) is 6.08 Å². The fourth-order valence-corrected chi connectivity index (χ4v) is 0.358. The first-order chi connectivity index (χ1) is 6.25. The zero-order chi connectivity index (χ0) is 11.9. The molecule has 0 aliphatic carbocycles. The summed E-state index contributed by atoms with van der Waals surface area (Å²) in [6, 6.07) is 0. The Morgan fingerprint density at radius 2 is 1.50 bits per heavy atom. The molecule has 0 nitrogen and oxygen atoms in total. The van der Waals surface area contributed by atoms with Crippen LogP contribution in [-0.4, -0.2) is 6.18 Å². The largest absolute Gasteiger partial charge is 0.415 e. The lowest BCUT2D eigenvalue weighted by atomic mass is 10.2. The molecule has 0 rings (SSSR count). The first kappa shape index (κ1) is 15.4. The van der Waals surface area contributed by atoms with Crippen molar-refractivity contribution in [1.82, 2.24) is 0 Å². The standard InChI is InChI=1S/C8H8F4.C2H6/c1-5(2)7(9)4-6(3)8(10,11)12;1-2/h4H,1,3H2,2H3;1-2H3/b7-4+;. The molecule has 0 unspecified atom stereocenters. The molecule has 0 aliphatic rings. The van der Waals surface area contributed by atoms with Crippen molar-refractivity contribution < 1.29 is 17.6 Å². The van der Waals surface area contributed by atoms with Crippen LogP contribution in [-0.2, 0) is 0 Å². The molecule has 0 amide bonds. The van der Waals surface area contributed by atoms with Crippen molar-refractivity contribution in [3.8, 4) is 0 Å². The number of allylic oxidation sites excluding steroid dienone is 4. The van der Waals surface area contributed by atoms with Crippen molar-refractivity contribution in [2.75, 3.05) is 0 Å². The second-order valence-electron chi connectivity index (χ2n) is 2.30. The van der Waals surface area contributed by atoms with Crippen LogP contribution in [0.25, 0.3) is 0 Å². The van der Waals surface area contributed by atoms with Crippen molar-refractivity contribution in [2.45, 2.75) is 26.9 Å². The number of hydrogen-bond acceptors (Lipinski definition) is 0. The van der Waals surface area contributed by atoms with E-state index >= 15 is 0 Å². The van der Waals surface area contributed by atoms with Crippen molar-refractivity contribution in [3.63, 3.8) is 0 Å². The molecule has 4 heteroatoms. The molecule has 0 aromatic heterocycles. The van der Waals surface area contributed by atoms with E-state index < -0.39 is 17.6 Å². The van der Waals surface area contributed by atoms with Gasteiger partial charge in [0.05, 0.1) is 5.57 Å². The van der Waals surface area contributed by atoms with Gasteiger partial charge in [-0.25, -0.2) is 4.39 Å². The molecule has 0 heterocycles. The molecule has 0 aliphatic heterocycles. The van der Waals surface area contributed by atoms with Gasteiger partial charge in [0.25, 0.3) is 0 Å². The van der Waals surface area contributed by atoms with Crippen LogP contribution in [0.1, 0.15) is 20.8 Å². The van der Waals surface area contributed by atoms with Crippen molar-refractivity contribution in [1.29, 1.82) is 0 Å². The molecule has 0 radical (unpaired) electrons. The van der Waals surface area contributed by atoms with Crippen LogP contribution in [0.4, 0.5) is 17.6 Å². The highest BCUT2D eigenvalue weighted by atomic mass is 19.4. The Bertz CT molecular complexity index is 233. The van der Waals surface area contributed by atoms with Gasteiger partial charge >= 0.3 is 6.18 Å². The maximum absolute atomic E-state index is 12.5.